The lowest BCUT2D eigenvalue weighted by atomic mass is 9.82. The Labute approximate surface area is 147 Å². The van der Waals surface area contributed by atoms with E-state index in [4.69, 9.17) is 0 Å². The predicted molar refractivity (Wildman–Crippen MR) is 88.2 cm³/mol. The van der Waals surface area contributed by atoms with Crippen molar-refractivity contribution in [3.05, 3.63) is 42.2 Å². The summed E-state index contributed by atoms with van der Waals surface area (Å²) in [7, 11) is 0. The number of hydrogen-bond acceptors (Lipinski definition) is 4. The minimum atomic E-state index is -4.43. The molecule has 0 aliphatic heterocycles. The van der Waals surface area contributed by atoms with Gasteiger partial charge in [-0.2, -0.15) is 13.2 Å². The summed E-state index contributed by atoms with van der Waals surface area (Å²) in [6, 6.07) is 4.34. The number of aliphatic hydroxyl groups excluding tert-OH is 1. The van der Waals surface area contributed by atoms with E-state index in [1.54, 1.807) is 0 Å². The van der Waals surface area contributed by atoms with Crippen molar-refractivity contribution in [3.63, 3.8) is 0 Å². The molecule has 138 valence electrons. The molecule has 9 heteroatoms. The first kappa shape index (κ1) is 18.1. The largest absolute Gasteiger partial charge is 0.416 e. The molecule has 0 atom stereocenters. The molecule has 0 saturated heterocycles. The van der Waals surface area contributed by atoms with Crippen LogP contribution in [0.3, 0.4) is 0 Å². The van der Waals surface area contributed by atoms with E-state index in [9.17, 15) is 23.1 Å². The van der Waals surface area contributed by atoms with E-state index >= 15 is 0 Å². The van der Waals surface area contributed by atoms with Crippen LogP contribution in [-0.4, -0.2) is 33.8 Å². The van der Waals surface area contributed by atoms with Crippen molar-refractivity contribution < 1.29 is 23.1 Å². The number of aliphatic hydroxyl groups is 1. The molecule has 0 unspecified atom stereocenters. The Bertz CT molecular complexity index is 774. The van der Waals surface area contributed by atoms with Crippen LogP contribution in [0.4, 0.5) is 23.8 Å². The van der Waals surface area contributed by atoms with Gasteiger partial charge in [-0.15, -0.1) is 0 Å². The fraction of sp³-hybridized carbons (Fsp3) is 0.353. The summed E-state index contributed by atoms with van der Waals surface area (Å²) in [6.07, 6.45) is -0.786. The Hall–Kier alpha value is -2.68. The molecule has 2 aromatic rings. The standard InChI is InChI=1S/C17H17F3N4O2/c18-17(19,20)12-3-1-2-11(6-12)14-8-22-15(9-21-14)24-16(26)23-7-10-4-13(25)5-10/h1-3,6,8-10,13,25H,4-5,7H2,(H2,22,23,24,26). The highest BCUT2D eigenvalue weighted by Crippen LogP contribution is 2.31. The first-order valence-electron chi connectivity index (χ1n) is 8.04. The Kier molecular flexibility index (Phi) is 5.08. The minimum absolute atomic E-state index is 0.187. The van der Waals surface area contributed by atoms with E-state index in [0.717, 1.165) is 12.1 Å². The number of nitrogens with zero attached hydrogens (tertiary/aromatic N) is 2. The number of amides is 2. The van der Waals surface area contributed by atoms with Gasteiger partial charge in [0.15, 0.2) is 5.82 Å². The van der Waals surface area contributed by atoms with Gasteiger partial charge in [-0.25, -0.2) is 9.78 Å². The van der Waals surface area contributed by atoms with Crippen LogP contribution in [0.2, 0.25) is 0 Å². The number of rotatable bonds is 4. The number of carbonyl (C=O) groups excluding carboxylic acids is 1. The fourth-order valence-corrected chi connectivity index (χ4v) is 2.66. The smallest absolute Gasteiger partial charge is 0.393 e. The number of halogens is 3. The molecule has 0 spiro atoms. The molecule has 1 aromatic heterocycles. The van der Waals surface area contributed by atoms with Gasteiger partial charge < -0.3 is 10.4 Å². The van der Waals surface area contributed by atoms with Crippen molar-refractivity contribution in [2.75, 3.05) is 11.9 Å². The Morgan fingerprint density at radius 1 is 1.23 bits per heavy atom. The molecule has 6 nitrogen and oxygen atoms in total. The molecular weight excluding hydrogens is 349 g/mol. The summed E-state index contributed by atoms with van der Waals surface area (Å²) >= 11 is 0. The third-order valence-electron chi connectivity index (χ3n) is 4.14. The van der Waals surface area contributed by atoms with Crippen LogP contribution in [0, 0.1) is 5.92 Å². The molecule has 1 aliphatic rings. The van der Waals surface area contributed by atoms with Crippen LogP contribution in [-0.2, 0) is 6.18 Å². The summed E-state index contributed by atoms with van der Waals surface area (Å²) in [5.41, 5.74) is -0.211. The van der Waals surface area contributed by atoms with E-state index in [0.29, 0.717) is 19.4 Å². The topological polar surface area (TPSA) is 87.1 Å². The molecule has 1 aliphatic carbocycles. The Balaban J connectivity index is 1.59. The van der Waals surface area contributed by atoms with Gasteiger partial charge in [-0.05, 0) is 30.9 Å². The maximum Gasteiger partial charge on any atom is 0.416 e. The van der Waals surface area contributed by atoms with E-state index < -0.39 is 17.8 Å². The lowest BCUT2D eigenvalue weighted by Gasteiger charge is -2.31. The van der Waals surface area contributed by atoms with E-state index in [-0.39, 0.29) is 29.1 Å². The average molecular weight is 366 g/mol. The highest BCUT2D eigenvalue weighted by atomic mass is 19.4. The summed E-state index contributed by atoms with van der Waals surface area (Å²) in [5, 5.41) is 14.4. The van der Waals surface area contributed by atoms with Gasteiger partial charge in [0, 0.05) is 12.1 Å². The average Bonchev–Trinajstić information content (AvgIpc) is 2.58. The molecule has 0 radical (unpaired) electrons. The Morgan fingerprint density at radius 3 is 2.62 bits per heavy atom. The monoisotopic (exact) mass is 366 g/mol. The number of nitrogens with one attached hydrogen (secondary N) is 2. The van der Waals surface area contributed by atoms with Crippen molar-refractivity contribution in [1.82, 2.24) is 15.3 Å². The number of benzene rings is 1. The first-order valence-corrected chi connectivity index (χ1v) is 8.04. The van der Waals surface area contributed by atoms with E-state index in [2.05, 4.69) is 20.6 Å². The number of alkyl halides is 3. The molecular formula is C17H17F3N4O2. The van der Waals surface area contributed by atoms with Gasteiger partial charge in [0.1, 0.15) is 0 Å². The van der Waals surface area contributed by atoms with Crippen molar-refractivity contribution in [1.29, 1.82) is 0 Å². The Morgan fingerprint density at radius 2 is 2.00 bits per heavy atom. The van der Waals surface area contributed by atoms with Crippen molar-refractivity contribution in [2.24, 2.45) is 5.92 Å². The van der Waals surface area contributed by atoms with Crippen LogP contribution in [0.1, 0.15) is 18.4 Å². The molecule has 1 saturated carbocycles. The summed E-state index contributed by atoms with van der Waals surface area (Å²) in [5.74, 6) is 0.456. The SMILES string of the molecule is O=C(NCC1CC(O)C1)Nc1cnc(-c2cccc(C(F)(F)F)c2)cn1. The summed E-state index contributed by atoms with van der Waals surface area (Å²) < 4.78 is 38.3. The number of urea groups is 1. The molecule has 0 bridgehead atoms. The van der Waals surface area contributed by atoms with E-state index in [1.165, 1.54) is 24.5 Å². The van der Waals surface area contributed by atoms with Gasteiger partial charge in [0.25, 0.3) is 0 Å². The van der Waals surface area contributed by atoms with Crippen molar-refractivity contribution in [2.45, 2.75) is 25.1 Å². The zero-order valence-electron chi connectivity index (χ0n) is 13.6. The molecule has 26 heavy (non-hydrogen) atoms. The summed E-state index contributed by atoms with van der Waals surface area (Å²) in [4.78, 5) is 19.8. The van der Waals surface area contributed by atoms with Crippen molar-refractivity contribution >= 4 is 11.8 Å². The zero-order chi connectivity index (χ0) is 18.7. The predicted octanol–water partition coefficient (Wildman–Crippen LogP) is 3.05. The van der Waals surface area contributed by atoms with Gasteiger partial charge in [-0.1, -0.05) is 12.1 Å². The lowest BCUT2D eigenvalue weighted by molar-refractivity contribution is -0.137. The highest BCUT2D eigenvalue weighted by molar-refractivity contribution is 5.88. The number of carbonyl (C=O) groups is 1. The maximum atomic E-state index is 12.8. The van der Waals surface area contributed by atoms with Crippen LogP contribution >= 0.6 is 0 Å². The molecule has 2 amide bonds. The lowest BCUT2D eigenvalue weighted by Crippen LogP contribution is -2.40. The van der Waals surface area contributed by atoms with Crippen LogP contribution < -0.4 is 10.6 Å². The van der Waals surface area contributed by atoms with Gasteiger partial charge in [0.05, 0.1) is 29.8 Å². The number of hydrogen-bond donors (Lipinski definition) is 3. The second-order valence-corrected chi connectivity index (χ2v) is 6.19. The minimum Gasteiger partial charge on any atom is -0.393 e. The van der Waals surface area contributed by atoms with Crippen LogP contribution in [0.15, 0.2) is 36.7 Å². The highest BCUT2D eigenvalue weighted by Gasteiger charge is 2.30. The van der Waals surface area contributed by atoms with Crippen LogP contribution in [0.25, 0.3) is 11.3 Å². The molecule has 1 fully saturated rings. The fourth-order valence-electron chi connectivity index (χ4n) is 2.66. The second-order valence-electron chi connectivity index (χ2n) is 6.19. The van der Waals surface area contributed by atoms with Gasteiger partial charge >= 0.3 is 12.2 Å². The zero-order valence-corrected chi connectivity index (χ0v) is 13.6. The molecule has 3 N–H and O–H groups in total. The normalized spacial score (nSPS) is 19.5. The third kappa shape index (κ3) is 4.48. The summed E-state index contributed by atoms with van der Waals surface area (Å²) in [6.45, 7) is 0.457. The van der Waals surface area contributed by atoms with Gasteiger partial charge in [0.2, 0.25) is 0 Å². The maximum absolute atomic E-state index is 12.8. The quantitative estimate of drug-likeness (QED) is 0.776. The van der Waals surface area contributed by atoms with Crippen LogP contribution in [0.5, 0.6) is 0 Å². The molecule has 1 heterocycles. The third-order valence-corrected chi connectivity index (χ3v) is 4.14. The molecule has 3 rings (SSSR count). The first-order chi connectivity index (χ1) is 12.3. The second kappa shape index (κ2) is 7.28. The molecule has 1 aromatic carbocycles. The number of anilines is 1. The van der Waals surface area contributed by atoms with E-state index in [1.807, 2.05) is 0 Å². The number of aromatic nitrogens is 2. The van der Waals surface area contributed by atoms with Gasteiger partial charge in [-0.3, -0.25) is 10.3 Å². The van der Waals surface area contributed by atoms with Crippen molar-refractivity contribution in [3.8, 4) is 11.3 Å².